The van der Waals surface area contributed by atoms with Gasteiger partial charge in [-0.25, -0.2) is 19.4 Å². The molecule has 4 unspecified atom stereocenters. The van der Waals surface area contributed by atoms with Gasteiger partial charge in [0.1, 0.15) is 24.2 Å². The first-order valence-electron chi connectivity index (χ1n) is 10.9. The lowest BCUT2D eigenvalue weighted by Crippen LogP contribution is -2.56. The van der Waals surface area contributed by atoms with Crippen molar-refractivity contribution in [1.29, 1.82) is 0 Å². The highest BCUT2D eigenvalue weighted by Gasteiger charge is 2.41. The van der Waals surface area contributed by atoms with Gasteiger partial charge in [-0.2, -0.15) is 0 Å². The van der Waals surface area contributed by atoms with Crippen LogP contribution in [0.1, 0.15) is 37.0 Å². The van der Waals surface area contributed by atoms with Crippen molar-refractivity contribution in [2.75, 3.05) is 6.54 Å². The summed E-state index contributed by atoms with van der Waals surface area (Å²) in [4.78, 5) is 67.3. The molecule has 14 heteroatoms. The number of aryl methyl sites for hydroxylation is 1. The van der Waals surface area contributed by atoms with Crippen LogP contribution in [0.25, 0.3) is 0 Å². The lowest BCUT2D eigenvalue weighted by molar-refractivity contribution is -0.155. The number of nitrogens with zero attached hydrogens (tertiary/aromatic N) is 2. The summed E-state index contributed by atoms with van der Waals surface area (Å²) in [7, 11) is 0. The van der Waals surface area contributed by atoms with Gasteiger partial charge in [0.05, 0.1) is 11.2 Å². The molecule has 0 aliphatic carbocycles. The van der Waals surface area contributed by atoms with Crippen LogP contribution in [0.15, 0.2) is 24.5 Å². The van der Waals surface area contributed by atoms with Crippen LogP contribution in [0.2, 0.25) is 0 Å². The summed E-state index contributed by atoms with van der Waals surface area (Å²) < 4.78 is 19.8. The summed E-state index contributed by atoms with van der Waals surface area (Å²) in [6.07, 6.45) is -0.391. The molecule has 2 fully saturated rings. The van der Waals surface area contributed by atoms with E-state index in [4.69, 9.17) is 18.3 Å². The second-order valence-electron chi connectivity index (χ2n) is 8.21. The Bertz CT molecular complexity index is 1160. The lowest BCUT2D eigenvalue weighted by Gasteiger charge is -2.28. The van der Waals surface area contributed by atoms with E-state index < -0.39 is 53.9 Å². The molecule has 0 aromatic carbocycles. The van der Waals surface area contributed by atoms with Crippen LogP contribution in [0.5, 0.6) is 0 Å². The molecule has 4 atom stereocenters. The normalized spacial score (nSPS) is 22.4. The van der Waals surface area contributed by atoms with E-state index in [9.17, 15) is 24.0 Å². The Labute approximate surface area is 202 Å². The van der Waals surface area contributed by atoms with Gasteiger partial charge in [-0.15, -0.1) is 11.3 Å². The van der Waals surface area contributed by atoms with Crippen molar-refractivity contribution < 1.29 is 37.5 Å². The van der Waals surface area contributed by atoms with Crippen LogP contribution in [-0.2, 0) is 36.9 Å². The maximum Gasteiger partial charge on any atom is 0.519 e. The molecule has 2 aliphatic heterocycles. The highest BCUT2D eigenvalue weighted by molar-refractivity contribution is 7.07. The van der Waals surface area contributed by atoms with E-state index >= 15 is 0 Å². The number of amides is 3. The number of hydrogen-bond acceptors (Lipinski definition) is 11. The van der Waals surface area contributed by atoms with E-state index in [1.807, 2.05) is 0 Å². The molecule has 0 saturated carbocycles. The number of cyclic esters (lactones) is 1. The standard InChI is InChI=1S/C21H24N4O9S/c1-10-15(34-21(30)33-10)7-31-19(28)14-4-3-5-25(14)18(27)13(6-12-8-35-9-22-12)23-17(26)16-11(2)32-20(29)24-16/h8-9,11,13-14,16H,3-7H2,1-2H3,(H,23,26)(H,24,29). The molecule has 0 bridgehead atoms. The quantitative estimate of drug-likeness (QED) is 0.471. The van der Waals surface area contributed by atoms with E-state index in [0.717, 1.165) is 0 Å². The Morgan fingerprint density at radius 2 is 2.14 bits per heavy atom. The van der Waals surface area contributed by atoms with Gasteiger partial charge in [-0.05, 0) is 26.7 Å². The largest absolute Gasteiger partial charge is 0.519 e. The number of hydrogen-bond donors (Lipinski definition) is 2. The van der Waals surface area contributed by atoms with Gasteiger partial charge >= 0.3 is 17.9 Å². The average molecular weight is 509 g/mol. The fourth-order valence-corrected chi connectivity index (χ4v) is 4.59. The third-order valence-electron chi connectivity index (χ3n) is 5.82. The third-order valence-corrected chi connectivity index (χ3v) is 6.45. The topological polar surface area (TPSA) is 170 Å². The second-order valence-corrected chi connectivity index (χ2v) is 8.93. The van der Waals surface area contributed by atoms with E-state index in [-0.39, 0.29) is 24.5 Å². The van der Waals surface area contributed by atoms with E-state index in [0.29, 0.717) is 25.1 Å². The Balaban J connectivity index is 1.46. The van der Waals surface area contributed by atoms with Crippen LogP contribution < -0.4 is 16.5 Å². The monoisotopic (exact) mass is 508 g/mol. The number of esters is 1. The first kappa shape index (κ1) is 24.4. The van der Waals surface area contributed by atoms with Crippen LogP contribution in [0.3, 0.4) is 0 Å². The maximum absolute atomic E-state index is 13.5. The first-order valence-corrected chi connectivity index (χ1v) is 11.9. The molecule has 35 heavy (non-hydrogen) atoms. The molecule has 2 aromatic rings. The van der Waals surface area contributed by atoms with Crippen molar-refractivity contribution in [3.8, 4) is 0 Å². The van der Waals surface area contributed by atoms with Gasteiger partial charge in [0, 0.05) is 18.3 Å². The summed E-state index contributed by atoms with van der Waals surface area (Å²) in [5.74, 6) is -2.34. The molecule has 188 valence electrons. The zero-order valence-electron chi connectivity index (χ0n) is 19.0. The number of alkyl carbamates (subject to hydrolysis) is 1. The second kappa shape index (κ2) is 10.3. The highest BCUT2D eigenvalue weighted by Crippen LogP contribution is 2.22. The zero-order valence-corrected chi connectivity index (χ0v) is 19.8. The van der Waals surface area contributed by atoms with Gasteiger partial charge in [-0.1, -0.05) is 0 Å². The SMILES string of the molecule is Cc1oc(=O)oc1COC(=O)C1CCCN1C(=O)C(Cc1cscn1)NC(=O)C1NC(=O)OC1C. The van der Waals surface area contributed by atoms with Crippen molar-refractivity contribution in [3.63, 3.8) is 0 Å². The number of carbonyl (C=O) groups excluding carboxylic acids is 4. The van der Waals surface area contributed by atoms with Crippen LogP contribution in [0, 0.1) is 6.92 Å². The van der Waals surface area contributed by atoms with Crippen molar-refractivity contribution in [3.05, 3.63) is 38.7 Å². The van der Waals surface area contributed by atoms with Gasteiger partial charge in [0.2, 0.25) is 11.8 Å². The van der Waals surface area contributed by atoms with Gasteiger partial charge < -0.3 is 33.8 Å². The van der Waals surface area contributed by atoms with Gasteiger partial charge in [0.15, 0.2) is 18.1 Å². The number of thiazole rings is 1. The Morgan fingerprint density at radius 1 is 1.34 bits per heavy atom. The number of carbonyl (C=O) groups is 4. The minimum absolute atomic E-state index is 0.0860. The number of nitrogens with one attached hydrogen (secondary N) is 2. The summed E-state index contributed by atoms with van der Waals surface area (Å²) >= 11 is 1.34. The average Bonchev–Trinajstić information content (AvgIpc) is 3.59. The Morgan fingerprint density at radius 3 is 2.77 bits per heavy atom. The van der Waals surface area contributed by atoms with E-state index in [1.165, 1.54) is 23.2 Å². The fourth-order valence-electron chi connectivity index (χ4n) is 4.02. The van der Waals surface area contributed by atoms with Crippen molar-refractivity contribution in [1.82, 2.24) is 20.5 Å². The first-order chi connectivity index (χ1) is 16.7. The molecular weight excluding hydrogens is 484 g/mol. The summed E-state index contributed by atoms with van der Waals surface area (Å²) in [6.45, 7) is 3.05. The molecule has 0 spiro atoms. The summed E-state index contributed by atoms with van der Waals surface area (Å²) in [5.41, 5.74) is 2.20. The summed E-state index contributed by atoms with van der Waals surface area (Å²) in [6, 6.07) is -2.86. The smallest absolute Gasteiger partial charge is 0.456 e. The Hall–Kier alpha value is -3.68. The van der Waals surface area contributed by atoms with Gasteiger partial charge in [0.25, 0.3) is 0 Å². The maximum atomic E-state index is 13.5. The number of likely N-dealkylation sites (tertiary alicyclic amines) is 1. The van der Waals surface area contributed by atoms with Gasteiger partial charge in [-0.3, -0.25) is 9.59 Å². The number of rotatable bonds is 8. The van der Waals surface area contributed by atoms with E-state index in [2.05, 4.69) is 15.6 Å². The third kappa shape index (κ3) is 5.53. The molecule has 4 rings (SSSR count). The number of aromatic nitrogens is 1. The van der Waals surface area contributed by atoms with Crippen LogP contribution in [-0.4, -0.2) is 64.5 Å². The molecule has 2 saturated heterocycles. The minimum Gasteiger partial charge on any atom is -0.456 e. The van der Waals surface area contributed by atoms with Crippen molar-refractivity contribution >= 4 is 35.2 Å². The molecule has 4 heterocycles. The molecule has 13 nitrogen and oxygen atoms in total. The lowest BCUT2D eigenvalue weighted by atomic mass is 10.1. The summed E-state index contributed by atoms with van der Waals surface area (Å²) in [5, 5.41) is 6.85. The molecule has 2 aliphatic rings. The van der Waals surface area contributed by atoms with E-state index in [1.54, 1.807) is 17.8 Å². The number of ether oxygens (including phenoxy) is 2. The highest BCUT2D eigenvalue weighted by atomic mass is 32.1. The Kier molecular flexibility index (Phi) is 7.19. The molecule has 0 radical (unpaired) electrons. The zero-order chi connectivity index (χ0) is 25.1. The molecule has 2 N–H and O–H groups in total. The fraction of sp³-hybridized carbons (Fsp3) is 0.524. The minimum atomic E-state index is -1.03. The van der Waals surface area contributed by atoms with Crippen molar-refractivity contribution in [2.24, 2.45) is 0 Å². The van der Waals surface area contributed by atoms with Crippen LogP contribution in [0.4, 0.5) is 4.79 Å². The molecule has 2 aromatic heterocycles. The molecule has 3 amide bonds. The van der Waals surface area contributed by atoms with Crippen LogP contribution >= 0.6 is 11.3 Å². The molecular formula is C21H24N4O9S. The van der Waals surface area contributed by atoms with Crippen molar-refractivity contribution in [2.45, 2.75) is 63.9 Å². The predicted molar refractivity (Wildman–Crippen MR) is 117 cm³/mol. The predicted octanol–water partition coefficient (Wildman–Crippen LogP) is 0.256.